The van der Waals surface area contributed by atoms with Crippen molar-refractivity contribution in [1.82, 2.24) is 9.55 Å². The molecular weight excluding hydrogens is 391 g/mol. The number of para-hydroxylation sites is 1. The number of aromatic nitrogens is 2. The van der Waals surface area contributed by atoms with E-state index in [0.29, 0.717) is 11.3 Å². The Morgan fingerprint density at radius 1 is 1.00 bits per heavy atom. The Kier molecular flexibility index (Phi) is 4.81. The van der Waals surface area contributed by atoms with Crippen LogP contribution in [0.1, 0.15) is 21.6 Å². The van der Waals surface area contributed by atoms with Crippen LogP contribution in [-0.2, 0) is 13.2 Å². The molecule has 2 heterocycles. The lowest BCUT2D eigenvalue weighted by molar-refractivity contribution is -0.137. The number of carbonyl (C=O) groups excluding carboxylic acids is 1. The number of rotatable bonds is 3. The van der Waals surface area contributed by atoms with Gasteiger partial charge in [-0.25, -0.2) is 4.98 Å². The number of alkyl halides is 3. The Labute approximate surface area is 171 Å². The van der Waals surface area contributed by atoms with Gasteiger partial charge in [-0.15, -0.1) is 0 Å². The van der Waals surface area contributed by atoms with Crippen LogP contribution in [0.3, 0.4) is 0 Å². The molecule has 0 aliphatic carbocycles. The van der Waals surface area contributed by atoms with E-state index in [4.69, 9.17) is 0 Å². The van der Waals surface area contributed by atoms with Crippen LogP contribution in [0.4, 0.5) is 18.9 Å². The molecule has 152 valence electrons. The van der Waals surface area contributed by atoms with Gasteiger partial charge in [0.05, 0.1) is 11.3 Å². The summed E-state index contributed by atoms with van der Waals surface area (Å²) >= 11 is 0. The second-order valence-corrected chi connectivity index (χ2v) is 7.06. The molecule has 1 N–H and O–H groups in total. The first-order chi connectivity index (χ1) is 14.2. The minimum absolute atomic E-state index is 0.223. The number of nitrogens with one attached hydrogen (secondary N) is 1. The summed E-state index contributed by atoms with van der Waals surface area (Å²) in [5.74, 6) is -0.477. The van der Waals surface area contributed by atoms with E-state index in [0.717, 1.165) is 28.6 Å². The lowest BCUT2D eigenvalue weighted by Gasteiger charge is -2.10. The summed E-state index contributed by atoms with van der Waals surface area (Å²) in [6.07, 6.45) is -2.46. The predicted octanol–water partition coefficient (Wildman–Crippen LogP) is 5.82. The molecule has 0 unspecified atom stereocenters. The highest BCUT2D eigenvalue weighted by molar-refractivity contribution is 6.04. The number of carbonyl (C=O) groups is 1. The van der Waals surface area contributed by atoms with Crippen LogP contribution in [-0.4, -0.2) is 15.5 Å². The zero-order chi connectivity index (χ0) is 21.5. The second kappa shape index (κ2) is 7.33. The smallest absolute Gasteiger partial charge is 0.350 e. The van der Waals surface area contributed by atoms with Gasteiger partial charge in [-0.05, 0) is 48.9 Å². The highest BCUT2D eigenvalue weighted by Gasteiger charge is 2.30. The van der Waals surface area contributed by atoms with E-state index in [-0.39, 0.29) is 11.4 Å². The Balaban J connectivity index is 1.65. The van der Waals surface area contributed by atoms with Gasteiger partial charge in [-0.2, -0.15) is 13.2 Å². The zero-order valence-electron chi connectivity index (χ0n) is 16.3. The van der Waals surface area contributed by atoms with Gasteiger partial charge in [0.2, 0.25) is 0 Å². The largest absolute Gasteiger partial charge is 0.416 e. The Hall–Kier alpha value is -3.61. The van der Waals surface area contributed by atoms with Crippen molar-refractivity contribution in [2.45, 2.75) is 13.1 Å². The molecule has 30 heavy (non-hydrogen) atoms. The molecule has 2 aromatic heterocycles. The fraction of sp³-hybridized carbons (Fsp3) is 0.130. The van der Waals surface area contributed by atoms with Crippen molar-refractivity contribution in [3.63, 3.8) is 0 Å². The summed E-state index contributed by atoms with van der Waals surface area (Å²) in [6, 6.07) is 15.9. The summed E-state index contributed by atoms with van der Waals surface area (Å²) in [4.78, 5) is 17.3. The summed E-state index contributed by atoms with van der Waals surface area (Å²) in [5.41, 5.74) is 2.98. The van der Waals surface area contributed by atoms with E-state index in [2.05, 4.69) is 10.3 Å². The molecule has 0 fully saturated rings. The first-order valence-corrected chi connectivity index (χ1v) is 9.25. The van der Waals surface area contributed by atoms with Crippen molar-refractivity contribution in [2.75, 3.05) is 5.32 Å². The highest BCUT2D eigenvalue weighted by Crippen LogP contribution is 2.31. The van der Waals surface area contributed by atoms with Crippen LogP contribution in [0.5, 0.6) is 0 Å². The molecular formula is C23H18F3N3O. The molecule has 4 nitrogen and oxygen atoms in total. The van der Waals surface area contributed by atoms with Gasteiger partial charge in [0.15, 0.2) is 0 Å². The average Bonchev–Trinajstić information content (AvgIpc) is 3.05. The maximum atomic E-state index is 12.8. The van der Waals surface area contributed by atoms with E-state index >= 15 is 0 Å². The number of hydrogen-bond acceptors (Lipinski definition) is 2. The number of anilines is 1. The molecule has 0 saturated heterocycles. The number of aryl methyl sites for hydroxylation is 2. The van der Waals surface area contributed by atoms with Crippen molar-refractivity contribution in [3.8, 4) is 11.3 Å². The molecule has 1 amide bonds. The average molecular weight is 409 g/mol. The summed E-state index contributed by atoms with van der Waals surface area (Å²) in [7, 11) is 1.94. The number of benzene rings is 2. The Bertz CT molecular complexity index is 1240. The van der Waals surface area contributed by atoms with Gasteiger partial charge >= 0.3 is 6.18 Å². The SMILES string of the molecule is Cc1ccc(-c2cn(C)c3ccccc23)nc1C(=O)Nc1ccc(C(F)(F)F)cc1. The maximum absolute atomic E-state index is 12.8. The monoisotopic (exact) mass is 409 g/mol. The second-order valence-electron chi connectivity index (χ2n) is 7.06. The van der Waals surface area contributed by atoms with E-state index in [1.54, 1.807) is 6.92 Å². The quantitative estimate of drug-likeness (QED) is 0.463. The highest BCUT2D eigenvalue weighted by atomic mass is 19.4. The van der Waals surface area contributed by atoms with E-state index in [9.17, 15) is 18.0 Å². The van der Waals surface area contributed by atoms with E-state index in [1.807, 2.05) is 54.2 Å². The zero-order valence-corrected chi connectivity index (χ0v) is 16.3. The minimum Gasteiger partial charge on any atom is -0.350 e. The van der Waals surface area contributed by atoms with Gasteiger partial charge in [0, 0.05) is 35.4 Å². The number of nitrogens with zero attached hydrogens (tertiary/aromatic N) is 2. The molecule has 0 radical (unpaired) electrons. The van der Waals surface area contributed by atoms with Gasteiger partial charge in [-0.1, -0.05) is 24.3 Å². The molecule has 0 saturated carbocycles. The molecule has 7 heteroatoms. The van der Waals surface area contributed by atoms with Crippen molar-refractivity contribution in [1.29, 1.82) is 0 Å². The van der Waals surface area contributed by atoms with E-state index in [1.165, 1.54) is 12.1 Å². The first kappa shape index (κ1) is 19.7. The first-order valence-electron chi connectivity index (χ1n) is 9.25. The molecule has 4 aromatic rings. The number of pyridine rings is 1. The fourth-order valence-electron chi connectivity index (χ4n) is 3.39. The van der Waals surface area contributed by atoms with Gasteiger partial charge in [0.25, 0.3) is 5.91 Å². The van der Waals surface area contributed by atoms with Gasteiger partial charge < -0.3 is 9.88 Å². The van der Waals surface area contributed by atoms with Crippen LogP contribution in [0.2, 0.25) is 0 Å². The van der Waals surface area contributed by atoms with Crippen molar-refractivity contribution in [2.24, 2.45) is 7.05 Å². The Morgan fingerprint density at radius 2 is 1.70 bits per heavy atom. The lowest BCUT2D eigenvalue weighted by Crippen LogP contribution is -2.16. The third-order valence-electron chi connectivity index (χ3n) is 4.96. The normalized spacial score (nSPS) is 11.6. The molecule has 2 aromatic carbocycles. The summed E-state index contributed by atoms with van der Waals surface area (Å²) < 4.78 is 40.2. The third kappa shape index (κ3) is 3.66. The van der Waals surface area contributed by atoms with Gasteiger partial charge in [-0.3, -0.25) is 4.79 Å². The standard InChI is InChI=1S/C23H18F3N3O/c1-14-7-12-19(18-13-29(2)20-6-4-3-5-17(18)20)28-21(14)22(30)27-16-10-8-15(9-11-16)23(24,25)26/h3-13H,1-2H3,(H,27,30). The molecule has 0 aliphatic rings. The van der Waals surface area contributed by atoms with Crippen LogP contribution < -0.4 is 5.32 Å². The van der Waals surface area contributed by atoms with Crippen molar-refractivity contribution in [3.05, 3.63) is 83.7 Å². The molecule has 0 spiro atoms. The number of amides is 1. The number of halogens is 3. The molecule has 0 aliphatic heterocycles. The Morgan fingerprint density at radius 3 is 2.40 bits per heavy atom. The summed E-state index contributed by atoms with van der Waals surface area (Å²) in [5, 5.41) is 3.64. The fourth-order valence-corrected chi connectivity index (χ4v) is 3.39. The molecule has 0 atom stereocenters. The lowest BCUT2D eigenvalue weighted by atomic mass is 10.1. The number of hydrogen-bond donors (Lipinski definition) is 1. The van der Waals surface area contributed by atoms with Crippen LogP contribution in [0.15, 0.2) is 66.9 Å². The molecule has 4 rings (SSSR count). The number of fused-ring (bicyclic) bond motifs is 1. The van der Waals surface area contributed by atoms with Crippen molar-refractivity contribution < 1.29 is 18.0 Å². The maximum Gasteiger partial charge on any atom is 0.416 e. The van der Waals surface area contributed by atoms with Crippen LogP contribution in [0.25, 0.3) is 22.2 Å². The predicted molar refractivity (Wildman–Crippen MR) is 110 cm³/mol. The van der Waals surface area contributed by atoms with Crippen LogP contribution in [0, 0.1) is 6.92 Å². The molecule has 0 bridgehead atoms. The minimum atomic E-state index is -4.42. The van der Waals surface area contributed by atoms with Crippen molar-refractivity contribution >= 4 is 22.5 Å². The third-order valence-corrected chi connectivity index (χ3v) is 4.96. The topological polar surface area (TPSA) is 46.9 Å². The van der Waals surface area contributed by atoms with Crippen LogP contribution >= 0.6 is 0 Å². The van der Waals surface area contributed by atoms with Gasteiger partial charge in [0.1, 0.15) is 5.69 Å². The summed E-state index contributed by atoms with van der Waals surface area (Å²) in [6.45, 7) is 1.77. The van der Waals surface area contributed by atoms with E-state index < -0.39 is 17.6 Å².